The molecule has 0 amide bonds. The van der Waals surface area contributed by atoms with E-state index in [4.69, 9.17) is 49.1 Å². The van der Waals surface area contributed by atoms with Crippen LogP contribution < -0.4 is 0 Å². The Morgan fingerprint density at radius 3 is 1.19 bits per heavy atom. The molecule has 0 aromatic carbocycles. The summed E-state index contributed by atoms with van der Waals surface area (Å²) in [6, 6.07) is 0. The van der Waals surface area contributed by atoms with Crippen LogP contribution in [0.4, 0.5) is 0 Å². The van der Waals surface area contributed by atoms with Gasteiger partial charge in [0.1, 0.15) is 17.3 Å². The monoisotopic (exact) mass is 1260 g/mol. The number of methoxy groups -OCH3 is 2. The molecular weight excluding hydrogens is 1140 g/mol. The van der Waals surface area contributed by atoms with Crippen molar-refractivity contribution in [2.75, 3.05) is 14.2 Å². The summed E-state index contributed by atoms with van der Waals surface area (Å²) in [6.07, 6.45) is 53.9. The highest BCUT2D eigenvalue weighted by atomic mass is 16.5. The number of allylic oxidation sites excluding steroid dienone is 14. The third kappa shape index (κ3) is 18.3. The molecule has 0 spiro atoms. The number of carbonyl (C=O) groups is 7. The summed E-state index contributed by atoms with van der Waals surface area (Å²) in [6.45, 7) is 13.4. The summed E-state index contributed by atoms with van der Waals surface area (Å²) in [5, 5.41) is 29.6. The van der Waals surface area contributed by atoms with Crippen LogP contribution >= 0.6 is 0 Å². The van der Waals surface area contributed by atoms with E-state index in [1.807, 2.05) is 7.11 Å². The minimum Gasteiger partial charge on any atom is -0.501 e. The van der Waals surface area contributed by atoms with E-state index in [1.165, 1.54) is 177 Å². The molecule has 0 bridgehead atoms. The number of hydrogen-bond donors (Lipinski definition) is 4. The zero-order valence-electron chi connectivity index (χ0n) is 54.5. The maximum atomic E-state index is 11.7. The van der Waals surface area contributed by atoms with Crippen LogP contribution in [-0.4, -0.2) is 75.9 Å². The first-order valence-electron chi connectivity index (χ1n) is 34.4. The van der Waals surface area contributed by atoms with E-state index in [1.54, 1.807) is 51.7 Å². The number of carboxylic acids is 4. The van der Waals surface area contributed by atoms with Crippen LogP contribution in [0.3, 0.4) is 0 Å². The zero-order chi connectivity index (χ0) is 64.0. The van der Waals surface area contributed by atoms with Crippen molar-refractivity contribution in [2.24, 2.45) is 58.2 Å². The van der Waals surface area contributed by atoms with Crippen molar-refractivity contribution in [3.8, 4) is 0 Å². The summed E-state index contributed by atoms with van der Waals surface area (Å²) < 4.78 is 10.8. The Hall–Kier alpha value is -5.85. The van der Waals surface area contributed by atoms with Gasteiger partial charge in [-0.3, -0.25) is 14.4 Å². The van der Waals surface area contributed by atoms with E-state index >= 15 is 0 Å². The molecular formula is C78H114O13. The maximum Gasteiger partial charge on any atom is 0.414 e. The van der Waals surface area contributed by atoms with Crippen LogP contribution in [0.5, 0.6) is 0 Å². The molecule has 13 heteroatoms. The fourth-order valence-corrected chi connectivity index (χ4v) is 19.4. The molecule has 14 aliphatic carbocycles. The van der Waals surface area contributed by atoms with E-state index in [0.29, 0.717) is 28.2 Å². The van der Waals surface area contributed by atoms with Gasteiger partial charge in [0.25, 0.3) is 0 Å². The molecule has 13 nitrogen and oxygen atoms in total. The third-order valence-electron chi connectivity index (χ3n) is 24.2. The molecule has 0 aliphatic heterocycles. The van der Waals surface area contributed by atoms with Crippen LogP contribution in [0, 0.1) is 58.2 Å². The van der Waals surface area contributed by atoms with Gasteiger partial charge in [-0.25, -0.2) is 19.2 Å². The highest BCUT2D eigenvalue weighted by molar-refractivity contribution is 6.27. The maximum absolute atomic E-state index is 11.7. The molecule has 0 radical (unpaired) electrons. The molecule has 10 atom stereocenters. The average Bonchev–Trinajstić information content (AvgIpc) is 1.70. The van der Waals surface area contributed by atoms with Crippen molar-refractivity contribution in [3.63, 3.8) is 0 Å². The topological polar surface area (TPSA) is 219 Å². The normalized spacial score (nSPS) is 31.3. The lowest BCUT2D eigenvalue weighted by atomic mass is 9.53. The second-order valence-corrected chi connectivity index (χ2v) is 28.6. The van der Waals surface area contributed by atoms with Crippen LogP contribution in [0.1, 0.15) is 266 Å². The molecule has 0 heterocycles. The zero-order valence-corrected chi connectivity index (χ0v) is 54.5. The van der Waals surface area contributed by atoms with E-state index in [9.17, 15) is 14.4 Å². The lowest BCUT2D eigenvalue weighted by Crippen LogP contribution is -2.43. The first-order valence-corrected chi connectivity index (χ1v) is 34.4. The van der Waals surface area contributed by atoms with Crippen LogP contribution in [0.15, 0.2) is 105 Å². The van der Waals surface area contributed by atoms with Gasteiger partial charge in [-0.15, -0.1) is 13.2 Å². The fourth-order valence-electron chi connectivity index (χ4n) is 19.4. The van der Waals surface area contributed by atoms with Crippen molar-refractivity contribution in [3.05, 3.63) is 105 Å². The third-order valence-corrected chi connectivity index (χ3v) is 24.2. The van der Waals surface area contributed by atoms with Gasteiger partial charge in [-0.05, 0) is 257 Å². The Balaban J connectivity index is 0.000000177. The Morgan fingerprint density at radius 2 is 0.769 bits per heavy atom. The number of hydrogen-bond acceptors (Lipinski definition) is 9. The second kappa shape index (κ2) is 34.3. The Morgan fingerprint density at radius 1 is 0.418 bits per heavy atom. The van der Waals surface area contributed by atoms with Gasteiger partial charge < -0.3 is 29.9 Å². The summed E-state index contributed by atoms with van der Waals surface area (Å²) >= 11 is 0. The molecule has 4 saturated carbocycles. The number of Topliss-reactive ketones (excluding diaryl/α,β-unsaturated/α-hetero) is 3. The van der Waals surface area contributed by atoms with Gasteiger partial charge in [0.2, 0.25) is 0 Å². The number of fused-ring (bicyclic) bond motifs is 8. The van der Waals surface area contributed by atoms with Gasteiger partial charge in [-0.1, -0.05) is 96.6 Å². The Kier molecular flexibility index (Phi) is 28.0. The smallest absolute Gasteiger partial charge is 0.414 e. The highest BCUT2D eigenvalue weighted by Gasteiger charge is 2.56. The van der Waals surface area contributed by atoms with E-state index < -0.39 is 23.9 Å². The largest absolute Gasteiger partial charge is 0.501 e. The number of carbonyl (C=O) groups excluding carboxylic acids is 3. The summed E-state index contributed by atoms with van der Waals surface area (Å²) in [4.78, 5) is 70.3. The molecule has 0 aromatic heterocycles. The molecule has 14 rings (SSSR count). The van der Waals surface area contributed by atoms with Crippen molar-refractivity contribution in [2.45, 2.75) is 266 Å². The predicted molar refractivity (Wildman–Crippen MR) is 360 cm³/mol. The minimum absolute atomic E-state index is 0. The molecule has 0 saturated heterocycles. The van der Waals surface area contributed by atoms with Crippen molar-refractivity contribution < 1.29 is 63.5 Å². The van der Waals surface area contributed by atoms with Gasteiger partial charge >= 0.3 is 23.9 Å². The lowest BCUT2D eigenvalue weighted by molar-refractivity contribution is -0.159. The molecule has 4 N–H and O–H groups in total. The number of aliphatic carboxylic acids is 4. The lowest BCUT2D eigenvalue weighted by Gasteiger charge is -2.52. The Bertz CT molecular complexity index is 2820. The van der Waals surface area contributed by atoms with E-state index in [-0.39, 0.29) is 14.9 Å². The highest BCUT2D eigenvalue weighted by Crippen LogP contribution is 2.65. The van der Waals surface area contributed by atoms with Crippen LogP contribution in [0.25, 0.3) is 0 Å². The quantitative estimate of drug-likeness (QED) is 0.152. The van der Waals surface area contributed by atoms with Crippen molar-refractivity contribution in [1.29, 1.82) is 0 Å². The number of ketones is 3. The Labute approximate surface area is 545 Å². The standard InChI is InChI=1S/C21H30O.C20H28O.C11H16O.2C10H14O.2C2H2O4.2CH4/c1-4-15-6-10-20-19-8-5-14-13-16(22-3)7-9-17(14)18(19)11-12-21(15,20)2;1-3-14-5-9-19-18-7-4-13-12-15(21)6-8-16(13)17(18)10-11-20(14,19)2;1-12-11-7-6-9-4-2-3-5-10(9)8-11;2*11-10-6-5-8-3-1-2-4-9(8)7-10;2*3-1(4)2(5)6;;/h4,7,15,18-20H,1,5-6,8-13H2,2-3H3;3,14,17-19H,1,4-12H2,2H3;7H,2-6,8H2,1H3;2*1-7H2;2*(H,3,4)(H,5,6);2*1H4/t15-,18?,19?,20?,21+;14-,17?,18?,19?,20+;;;;;;;/m00......./s1. The van der Waals surface area contributed by atoms with E-state index in [2.05, 4.69) is 51.3 Å². The second-order valence-electron chi connectivity index (χ2n) is 28.6. The number of carboxylic acid groups (broad SMARTS) is 4. The van der Waals surface area contributed by atoms with Gasteiger partial charge in [0, 0.05) is 51.4 Å². The van der Waals surface area contributed by atoms with Crippen molar-refractivity contribution in [1.82, 2.24) is 0 Å². The summed E-state index contributed by atoms with van der Waals surface area (Å²) in [5.41, 5.74) is 17.5. The molecule has 0 aromatic rings. The average molecular weight is 1260 g/mol. The van der Waals surface area contributed by atoms with Crippen LogP contribution in [0.2, 0.25) is 0 Å². The first-order chi connectivity index (χ1) is 42.7. The molecule has 4 fully saturated rings. The minimum atomic E-state index is -1.82. The first kappa shape index (κ1) is 74.2. The van der Waals surface area contributed by atoms with E-state index in [0.717, 1.165) is 131 Å². The summed E-state index contributed by atoms with van der Waals surface area (Å²) in [5.74, 6) is 3.39. The number of rotatable bonds is 4. The fraction of sp³-hybridized carbons (Fsp3) is 0.679. The van der Waals surface area contributed by atoms with Gasteiger partial charge in [0.05, 0.1) is 25.7 Å². The predicted octanol–water partition coefficient (Wildman–Crippen LogP) is 18.7. The van der Waals surface area contributed by atoms with Gasteiger partial charge in [0.15, 0.2) is 0 Å². The molecule has 91 heavy (non-hydrogen) atoms. The van der Waals surface area contributed by atoms with Crippen LogP contribution in [-0.2, 0) is 43.0 Å². The molecule has 504 valence electrons. The van der Waals surface area contributed by atoms with Gasteiger partial charge in [-0.2, -0.15) is 0 Å². The summed E-state index contributed by atoms with van der Waals surface area (Å²) in [7, 11) is 3.60. The van der Waals surface area contributed by atoms with Crippen molar-refractivity contribution >= 4 is 41.2 Å². The molecule has 6 unspecified atom stereocenters. The molecule has 14 aliphatic rings. The SMILES string of the molecule is C.C.C=C[C@H]1CCC2C3CCC4=C(CC=C(OC)C4)C3CC[C@@]21C.C=C[C@H]1CCC2C3CCC4=C(CCC(=O)C4)C3CC[C@@]21C.COC1=CCC2=C(CCCC2)C1.O=C(O)C(=O)O.O=C(O)C(=O)O.O=C1CCC2=C(CCCC2)C1.O=C1CCC2=C(CCCC2)C1. The number of ether oxygens (including phenoxy) is 2.